The summed E-state index contributed by atoms with van der Waals surface area (Å²) in [6.07, 6.45) is 4.36. The molecule has 1 saturated heterocycles. The van der Waals surface area contributed by atoms with Crippen molar-refractivity contribution < 1.29 is 24.8 Å². The zero-order chi connectivity index (χ0) is 19.9. The lowest BCUT2D eigenvalue weighted by Gasteiger charge is -2.62. The molecular weight excluding hydrogens is 362 g/mol. The van der Waals surface area contributed by atoms with Crippen LogP contribution in [-0.4, -0.2) is 63.6 Å². The monoisotopic (exact) mass is 391 g/mol. The van der Waals surface area contributed by atoms with Crippen molar-refractivity contribution in [1.29, 1.82) is 0 Å². The first-order valence-electron chi connectivity index (χ1n) is 10.3. The van der Waals surface area contributed by atoms with E-state index >= 15 is 0 Å². The molecular formula is C20H29N3O5. The van der Waals surface area contributed by atoms with Gasteiger partial charge in [0.1, 0.15) is 17.3 Å². The number of aliphatic hydroxyl groups excluding tert-OH is 3. The highest BCUT2D eigenvalue weighted by atomic mass is 16.6. The maximum atomic E-state index is 10.9. The van der Waals surface area contributed by atoms with E-state index in [2.05, 4.69) is 16.9 Å². The Morgan fingerprint density at radius 1 is 1.21 bits per heavy atom. The van der Waals surface area contributed by atoms with E-state index in [1.165, 1.54) is 0 Å². The van der Waals surface area contributed by atoms with Crippen LogP contribution in [0.3, 0.4) is 0 Å². The number of azide groups is 1. The Balaban J connectivity index is 1.66. The van der Waals surface area contributed by atoms with E-state index in [9.17, 15) is 15.3 Å². The van der Waals surface area contributed by atoms with Crippen LogP contribution >= 0.6 is 0 Å². The summed E-state index contributed by atoms with van der Waals surface area (Å²) in [5.74, 6) is 0.155. The Kier molecular flexibility index (Phi) is 3.85. The maximum Gasteiger partial charge on any atom is 0.115 e. The summed E-state index contributed by atoms with van der Waals surface area (Å²) >= 11 is 0. The number of hydrogen-bond acceptors (Lipinski definition) is 6. The minimum atomic E-state index is -1.15. The van der Waals surface area contributed by atoms with Crippen molar-refractivity contribution in [2.24, 2.45) is 16.4 Å². The summed E-state index contributed by atoms with van der Waals surface area (Å²) in [6.45, 7) is 2.17. The fourth-order valence-corrected chi connectivity index (χ4v) is 7.43. The van der Waals surface area contributed by atoms with Gasteiger partial charge in [-0.15, -0.1) is 0 Å². The molecule has 154 valence electrons. The summed E-state index contributed by atoms with van der Waals surface area (Å²) in [5.41, 5.74) is 7.36. The van der Waals surface area contributed by atoms with Gasteiger partial charge in [-0.05, 0) is 73.5 Å². The van der Waals surface area contributed by atoms with Crippen LogP contribution in [0.1, 0.15) is 51.9 Å². The number of methoxy groups -OCH3 is 1. The predicted molar refractivity (Wildman–Crippen MR) is 99.2 cm³/mol. The number of hydrogen-bond donors (Lipinski definition) is 3. The second-order valence-corrected chi connectivity index (χ2v) is 9.74. The van der Waals surface area contributed by atoms with Gasteiger partial charge in [0.25, 0.3) is 0 Å². The standard InChI is InChI=1S/C20H29N3O5/c1-17-5-7-19(27-2)9-11-15(25)16(26)12(22-23-21)10-18(11)6-8-20(19,28-18)13(17)3-4-14(17)24/h9,12-16,24-26H,3-8,10H2,1-2H3/t12-,13+,14-,15+,16+,17-,18+,19-,20-/m0/s1. The minimum Gasteiger partial charge on any atom is -0.393 e. The van der Waals surface area contributed by atoms with E-state index in [4.69, 9.17) is 15.0 Å². The fourth-order valence-electron chi connectivity index (χ4n) is 7.43. The number of rotatable bonds is 2. The molecule has 28 heavy (non-hydrogen) atoms. The third-order valence-electron chi connectivity index (χ3n) is 8.93. The molecule has 0 amide bonds. The Labute approximate surface area is 164 Å². The highest BCUT2D eigenvalue weighted by molar-refractivity contribution is 5.42. The van der Waals surface area contributed by atoms with E-state index in [0.717, 1.165) is 25.7 Å². The molecule has 8 nitrogen and oxygen atoms in total. The fraction of sp³-hybridized carbons (Fsp3) is 0.900. The van der Waals surface area contributed by atoms with Gasteiger partial charge >= 0.3 is 0 Å². The van der Waals surface area contributed by atoms with Gasteiger partial charge in [0.15, 0.2) is 0 Å². The topological polar surface area (TPSA) is 128 Å². The Morgan fingerprint density at radius 3 is 2.71 bits per heavy atom. The van der Waals surface area contributed by atoms with E-state index in [0.29, 0.717) is 24.8 Å². The molecule has 2 heterocycles. The summed E-state index contributed by atoms with van der Waals surface area (Å²) in [4.78, 5) is 2.87. The number of aliphatic hydroxyl groups is 3. The molecule has 2 bridgehead atoms. The SMILES string of the molecule is CO[C@@]12C=C3[C@@H](O)[C@H](O)[C@@H](N=[N+]=[N-])C[C@]34CC[C@]1(O4)[C@@H]1CC[C@H](O)[C@@]1(C)CC2. The lowest BCUT2D eigenvalue weighted by Crippen LogP contribution is -2.69. The molecule has 0 radical (unpaired) electrons. The van der Waals surface area contributed by atoms with Crippen LogP contribution in [0.5, 0.6) is 0 Å². The molecule has 3 saturated carbocycles. The summed E-state index contributed by atoms with van der Waals surface area (Å²) in [6, 6.07) is -0.730. The summed E-state index contributed by atoms with van der Waals surface area (Å²) < 4.78 is 13.1. The van der Waals surface area contributed by atoms with E-state index in [1.807, 2.05) is 6.08 Å². The molecule has 2 spiro atoms. The predicted octanol–water partition coefficient (Wildman–Crippen LogP) is 1.97. The van der Waals surface area contributed by atoms with Gasteiger partial charge in [-0.25, -0.2) is 0 Å². The van der Waals surface area contributed by atoms with Gasteiger partial charge < -0.3 is 24.8 Å². The first-order chi connectivity index (χ1) is 13.3. The minimum absolute atomic E-state index is 0.155. The molecule has 0 aromatic carbocycles. The number of fused-ring (bicyclic) bond motifs is 1. The Morgan fingerprint density at radius 2 is 2.00 bits per heavy atom. The van der Waals surface area contributed by atoms with Crippen LogP contribution in [0.2, 0.25) is 0 Å². The smallest absolute Gasteiger partial charge is 0.115 e. The second kappa shape index (κ2) is 5.72. The molecule has 5 rings (SSSR count). The average molecular weight is 391 g/mol. The van der Waals surface area contributed by atoms with Crippen molar-refractivity contribution in [3.8, 4) is 0 Å². The average Bonchev–Trinajstić information content (AvgIpc) is 3.17. The largest absolute Gasteiger partial charge is 0.393 e. The molecule has 8 heteroatoms. The number of ether oxygens (including phenoxy) is 2. The van der Waals surface area contributed by atoms with Gasteiger partial charge in [-0.3, -0.25) is 0 Å². The van der Waals surface area contributed by atoms with Crippen molar-refractivity contribution >= 4 is 0 Å². The maximum absolute atomic E-state index is 10.9. The van der Waals surface area contributed by atoms with Crippen LogP contribution in [0.4, 0.5) is 0 Å². The molecule has 5 aliphatic rings. The van der Waals surface area contributed by atoms with Gasteiger partial charge in [0.05, 0.1) is 23.9 Å². The van der Waals surface area contributed by atoms with Crippen LogP contribution in [0.15, 0.2) is 16.8 Å². The molecule has 0 aromatic heterocycles. The van der Waals surface area contributed by atoms with Crippen molar-refractivity contribution in [3.63, 3.8) is 0 Å². The van der Waals surface area contributed by atoms with Gasteiger partial charge in [0.2, 0.25) is 0 Å². The first kappa shape index (κ1) is 18.9. The Hall–Kier alpha value is -1.15. The molecule has 4 fully saturated rings. The normalized spacial score (nSPS) is 56.9. The van der Waals surface area contributed by atoms with Crippen molar-refractivity contribution in [1.82, 2.24) is 0 Å². The van der Waals surface area contributed by atoms with Gasteiger partial charge in [-0.1, -0.05) is 12.0 Å². The summed E-state index contributed by atoms with van der Waals surface area (Å²) in [7, 11) is 1.69. The van der Waals surface area contributed by atoms with Crippen LogP contribution < -0.4 is 0 Å². The zero-order valence-corrected chi connectivity index (χ0v) is 16.4. The van der Waals surface area contributed by atoms with Crippen LogP contribution in [-0.2, 0) is 9.47 Å². The first-order valence-corrected chi connectivity index (χ1v) is 10.3. The van der Waals surface area contributed by atoms with Crippen molar-refractivity contribution in [2.45, 2.75) is 93.0 Å². The second-order valence-electron chi connectivity index (χ2n) is 9.74. The van der Waals surface area contributed by atoms with Crippen LogP contribution in [0, 0.1) is 11.3 Å². The Bertz CT molecular complexity index is 784. The lowest BCUT2D eigenvalue weighted by atomic mass is 9.54. The molecule has 0 aromatic rings. The molecule has 3 N–H and O–H groups in total. The third kappa shape index (κ3) is 1.96. The quantitative estimate of drug-likeness (QED) is 0.287. The van der Waals surface area contributed by atoms with E-state index in [-0.39, 0.29) is 17.4 Å². The molecule has 9 atom stereocenters. The third-order valence-corrected chi connectivity index (χ3v) is 8.93. The lowest BCUT2D eigenvalue weighted by molar-refractivity contribution is -0.272. The van der Waals surface area contributed by atoms with Gasteiger partial charge in [0, 0.05) is 12.0 Å². The zero-order valence-electron chi connectivity index (χ0n) is 16.4. The number of nitrogens with zero attached hydrogens (tertiary/aromatic N) is 3. The highest BCUT2D eigenvalue weighted by Crippen LogP contribution is 2.69. The molecule has 0 unspecified atom stereocenters. The van der Waals surface area contributed by atoms with Crippen molar-refractivity contribution in [3.05, 3.63) is 22.1 Å². The van der Waals surface area contributed by atoms with Crippen LogP contribution in [0.25, 0.3) is 10.4 Å². The van der Waals surface area contributed by atoms with E-state index in [1.54, 1.807) is 7.11 Å². The highest BCUT2D eigenvalue weighted by Gasteiger charge is 2.75. The molecule has 2 aliphatic heterocycles. The summed E-state index contributed by atoms with van der Waals surface area (Å²) in [5, 5.41) is 35.9. The van der Waals surface area contributed by atoms with E-state index < -0.39 is 35.1 Å². The van der Waals surface area contributed by atoms with Gasteiger partial charge in [-0.2, -0.15) is 0 Å². The van der Waals surface area contributed by atoms with Crippen molar-refractivity contribution in [2.75, 3.05) is 7.11 Å². The molecule has 3 aliphatic carbocycles.